The summed E-state index contributed by atoms with van der Waals surface area (Å²) in [5, 5.41) is 29.0. The summed E-state index contributed by atoms with van der Waals surface area (Å²) in [4.78, 5) is 52.6. The number of aromatic nitrogens is 8. The van der Waals surface area contributed by atoms with Crippen LogP contribution in [-0.4, -0.2) is 159 Å². The summed E-state index contributed by atoms with van der Waals surface area (Å²) in [5.41, 5.74) is 34.8. The monoisotopic (exact) mass is 1790 g/mol. The van der Waals surface area contributed by atoms with Crippen LogP contribution in [0.15, 0.2) is 77.3 Å². The summed E-state index contributed by atoms with van der Waals surface area (Å²) >= 11 is 39.5. The molecule has 0 atom stereocenters. The van der Waals surface area contributed by atoms with Crippen molar-refractivity contribution in [2.24, 2.45) is 0 Å². The third-order valence-electron chi connectivity index (χ3n) is 24.1. The predicted molar refractivity (Wildman–Crippen MR) is 482 cm³/mol. The Balaban J connectivity index is 0.000000136. The van der Waals surface area contributed by atoms with Gasteiger partial charge in [-0.05, 0) is 233 Å². The van der Waals surface area contributed by atoms with Gasteiger partial charge >= 0.3 is 0 Å². The van der Waals surface area contributed by atoms with Crippen LogP contribution in [-0.2, 0) is 77.5 Å². The number of hydrogen-bond donors (Lipinski definition) is 4. The first-order valence-corrected chi connectivity index (χ1v) is 47.7. The topological polar surface area (TPSA) is 201 Å². The average Bonchev–Trinajstić information content (AvgIpc) is 1.62. The van der Waals surface area contributed by atoms with Crippen molar-refractivity contribution < 1.29 is 19.2 Å². The minimum absolute atomic E-state index is 0.0526. The number of unbranched alkanes of at least 4 members (excludes halogenated alkanes) is 8. The Morgan fingerprint density at radius 1 is 0.322 bits per heavy atom. The van der Waals surface area contributed by atoms with Crippen LogP contribution in [0.25, 0.3) is 45.0 Å². The highest BCUT2D eigenvalue weighted by molar-refractivity contribution is 9.10. The number of carbonyl (C=O) groups excluding carboxylic acids is 4. The molecule has 4 fully saturated rings. The molecular weight excluding hydrogens is 1670 g/mol. The second kappa shape index (κ2) is 45.2. The molecule has 16 rings (SSSR count). The number of nitrogens with one attached hydrogen (secondary N) is 4. The summed E-state index contributed by atoms with van der Waals surface area (Å²) in [6.45, 7) is 12.7. The van der Waals surface area contributed by atoms with Gasteiger partial charge in [0.2, 0.25) is 0 Å². The number of amides is 4. The van der Waals surface area contributed by atoms with Crippen LogP contribution in [0.4, 0.5) is 0 Å². The summed E-state index contributed by atoms with van der Waals surface area (Å²) in [5.74, 6) is 2.47. The fraction of sp³-hybridized carbons (Fsp3) is 0.560. The number of alkyl halides is 4. The Hall–Kier alpha value is -6.34. The van der Waals surface area contributed by atoms with Gasteiger partial charge < -0.3 is 0 Å². The van der Waals surface area contributed by atoms with Gasteiger partial charge in [-0.2, -0.15) is 20.4 Å². The van der Waals surface area contributed by atoms with E-state index in [0.29, 0.717) is 46.3 Å². The lowest BCUT2D eigenvalue weighted by Crippen LogP contribution is -2.45. The lowest BCUT2D eigenvalue weighted by molar-refractivity contribution is 0.0735. The average molecular weight is 1790 g/mol. The standard InChI is InChI=1S/C24H33ClN4O.C23H30Cl2N4O.C22H28BrClN4O.C22H28Cl2N4O/c1-18-11-12-20-19(17-18)9-8-10-21-22(24(30)27-28-14-5-3-6-15-28)26-29(23(20)21)16-7-2-4-13-25;24-12-3-1-6-15-29-22-19-11-10-18(25)16-17(19)8-7-9-20(22)21(26-29)23(30)27-28-13-4-2-5-14-28;23-17-8-10-18-16(15-17)7-9-19-20(22(29)26-27-12-4-2-5-13-27)25-28(21(18)19)14-6-1-3-11-24;23-11-3-1-6-14-28-21-18-10-8-17(24)15-16(18)7-9-19(21)20(25-28)22(29)26-27-12-4-2-5-13-27/h11-12,17H,2-10,13-16H2,1H3,(H,27,30);10-11,16H,1-9,12-15H2,(H,27,30);2*8,10,15H,1-7,9,11-14H2,(H,26,29). The number of rotatable bonds is 28. The highest BCUT2D eigenvalue weighted by Crippen LogP contribution is 2.42. The molecule has 27 heteroatoms. The number of hydrazine groups is 4. The molecule has 4 saturated heterocycles. The van der Waals surface area contributed by atoms with Gasteiger partial charge in [0.1, 0.15) is 0 Å². The second-order valence-corrected chi connectivity index (χ2v) is 36.1. The van der Waals surface area contributed by atoms with Crippen LogP contribution in [0.5, 0.6) is 0 Å². The highest BCUT2D eigenvalue weighted by atomic mass is 79.9. The number of hydrogen-bond acceptors (Lipinski definition) is 12. The third-order valence-corrected chi connectivity index (χ3v) is 26.1. The Morgan fingerprint density at radius 3 is 0.924 bits per heavy atom. The molecule has 4 aliphatic carbocycles. The summed E-state index contributed by atoms with van der Waals surface area (Å²) < 4.78 is 9.32. The minimum atomic E-state index is -0.0833. The Morgan fingerprint density at radius 2 is 0.602 bits per heavy atom. The van der Waals surface area contributed by atoms with E-state index >= 15 is 0 Å². The molecule has 4 aliphatic heterocycles. The molecule has 0 bridgehead atoms. The molecular formula is C91H119BrCl6N16O4. The summed E-state index contributed by atoms with van der Waals surface area (Å²) in [7, 11) is 0. The van der Waals surface area contributed by atoms with Gasteiger partial charge in [-0.3, -0.25) is 59.6 Å². The summed E-state index contributed by atoms with van der Waals surface area (Å²) in [6.07, 6.45) is 35.6. The molecule has 4 N–H and O–H groups in total. The van der Waals surface area contributed by atoms with Crippen molar-refractivity contribution >= 4 is 109 Å². The molecule has 8 heterocycles. The maximum atomic E-state index is 13.2. The Labute approximate surface area is 736 Å². The van der Waals surface area contributed by atoms with Crippen molar-refractivity contribution in [3.05, 3.63) is 160 Å². The maximum absolute atomic E-state index is 13.2. The lowest BCUT2D eigenvalue weighted by Gasteiger charge is -2.26. The first-order chi connectivity index (χ1) is 57.7. The number of fused-ring (bicyclic) bond motifs is 12. The number of halogens is 7. The van der Waals surface area contributed by atoms with Crippen LogP contribution in [0.1, 0.15) is 259 Å². The second-order valence-electron chi connectivity index (χ2n) is 32.8. The van der Waals surface area contributed by atoms with E-state index in [1.54, 1.807) is 0 Å². The maximum Gasteiger partial charge on any atom is 0.286 e. The Kier molecular flexibility index (Phi) is 34.2. The van der Waals surface area contributed by atoms with Crippen molar-refractivity contribution in [1.29, 1.82) is 0 Å². The molecule has 0 radical (unpaired) electrons. The molecule has 118 heavy (non-hydrogen) atoms. The highest BCUT2D eigenvalue weighted by Gasteiger charge is 2.35. The van der Waals surface area contributed by atoms with Crippen molar-refractivity contribution in [1.82, 2.24) is 80.9 Å². The van der Waals surface area contributed by atoms with E-state index in [1.807, 2.05) is 42.6 Å². The fourth-order valence-electron chi connectivity index (χ4n) is 18.1. The van der Waals surface area contributed by atoms with Crippen LogP contribution in [0, 0.1) is 6.92 Å². The number of nitrogens with zero attached hydrogens (tertiary/aromatic N) is 12. The van der Waals surface area contributed by atoms with E-state index in [0.717, 1.165) is 342 Å². The van der Waals surface area contributed by atoms with Crippen LogP contribution in [0.3, 0.4) is 0 Å². The first kappa shape index (κ1) is 89.4. The minimum Gasteiger partial charge on any atom is -0.283 e. The molecule has 0 saturated carbocycles. The molecule has 8 aliphatic rings. The predicted octanol–water partition coefficient (Wildman–Crippen LogP) is 19.9. The normalized spacial score (nSPS) is 16.5. The van der Waals surface area contributed by atoms with Crippen molar-refractivity contribution in [3.8, 4) is 45.0 Å². The lowest BCUT2D eigenvalue weighted by atomic mass is 9.88. The zero-order chi connectivity index (χ0) is 82.3. The summed E-state index contributed by atoms with van der Waals surface area (Å²) in [6, 6.07) is 25.2. The van der Waals surface area contributed by atoms with Gasteiger partial charge in [0.05, 0.1) is 22.8 Å². The van der Waals surface area contributed by atoms with E-state index in [1.165, 1.54) is 64.6 Å². The molecule has 20 nitrogen and oxygen atoms in total. The van der Waals surface area contributed by atoms with Gasteiger partial charge in [0.15, 0.2) is 22.8 Å². The molecule has 4 aromatic heterocycles. The van der Waals surface area contributed by atoms with Crippen molar-refractivity contribution in [3.63, 3.8) is 0 Å². The van der Waals surface area contributed by atoms with E-state index in [-0.39, 0.29) is 23.6 Å². The molecule has 4 amide bonds. The quantitative estimate of drug-likeness (QED) is 0.0267. The number of piperidine rings is 4. The number of carbonyl (C=O) groups is 4. The van der Waals surface area contributed by atoms with Crippen LogP contribution < -0.4 is 21.7 Å². The van der Waals surface area contributed by atoms with E-state index < -0.39 is 0 Å². The van der Waals surface area contributed by atoms with Crippen LogP contribution >= 0.6 is 85.5 Å². The van der Waals surface area contributed by atoms with Gasteiger partial charge in [-0.1, -0.05) is 132 Å². The smallest absolute Gasteiger partial charge is 0.283 e. The van der Waals surface area contributed by atoms with Gasteiger partial charge in [-0.15, -0.1) is 46.4 Å². The molecule has 0 spiro atoms. The zero-order valence-corrected chi connectivity index (χ0v) is 75.1. The van der Waals surface area contributed by atoms with E-state index in [2.05, 4.69) is 114 Å². The molecule has 4 aromatic carbocycles. The van der Waals surface area contributed by atoms with E-state index in [4.69, 9.17) is 90.0 Å². The molecule has 636 valence electrons. The number of benzene rings is 4. The van der Waals surface area contributed by atoms with Crippen molar-refractivity contribution in [2.75, 3.05) is 75.9 Å². The van der Waals surface area contributed by atoms with Gasteiger partial charge in [0.25, 0.3) is 23.6 Å². The van der Waals surface area contributed by atoms with Gasteiger partial charge in [0, 0.05) is 161 Å². The number of aryl methyl sites for hydroxylation is 9. The van der Waals surface area contributed by atoms with Crippen molar-refractivity contribution in [2.45, 2.75) is 251 Å². The van der Waals surface area contributed by atoms with Gasteiger partial charge in [-0.25, -0.2) is 20.0 Å². The molecule has 0 unspecified atom stereocenters. The third kappa shape index (κ3) is 23.3. The zero-order valence-electron chi connectivity index (χ0n) is 68.9. The largest absolute Gasteiger partial charge is 0.286 e. The first-order valence-electron chi connectivity index (χ1n) is 44.0. The van der Waals surface area contributed by atoms with Crippen LogP contribution in [0.2, 0.25) is 10.0 Å². The Bertz CT molecular complexity index is 4400. The fourth-order valence-corrected chi connectivity index (χ4v) is 19.6. The van der Waals surface area contributed by atoms with E-state index in [9.17, 15) is 19.2 Å². The SMILES string of the molecule is Cc1ccc2c(c1)CCCc1c(C(=O)NN3CCCCC3)nn(CCCCCCl)c1-2.O=C(NN1CCCCC1)c1nn(CCCCCCl)c2c1CCCc1cc(Cl)ccc1-2.O=C(NN1CCCCC1)c1nn(CCCCCCl)c2c1CCc1cc(Br)ccc1-2.O=C(NN1CCCCC1)c1nn(CCCCCCl)c2c1CCc1cc(Cl)ccc1-2. The molecule has 8 aromatic rings.